The van der Waals surface area contributed by atoms with Gasteiger partial charge in [0.15, 0.2) is 0 Å². The summed E-state index contributed by atoms with van der Waals surface area (Å²) >= 11 is 0. The van der Waals surface area contributed by atoms with E-state index in [0.717, 1.165) is 12.3 Å². The molecular weight excluding hydrogens is 180 g/mol. The van der Waals surface area contributed by atoms with E-state index >= 15 is 0 Å². The number of rotatable bonds is 6. The van der Waals surface area contributed by atoms with Crippen LogP contribution in [0.3, 0.4) is 0 Å². The molecule has 0 bridgehead atoms. The van der Waals surface area contributed by atoms with Gasteiger partial charge in [0.05, 0.1) is 0 Å². The molecular formula is C15H22. The van der Waals surface area contributed by atoms with E-state index in [0.29, 0.717) is 0 Å². The maximum absolute atomic E-state index is 3.74. The van der Waals surface area contributed by atoms with Crippen molar-refractivity contribution in [2.75, 3.05) is 0 Å². The van der Waals surface area contributed by atoms with Gasteiger partial charge in [-0.1, -0.05) is 44.2 Å². The third-order valence-corrected chi connectivity index (χ3v) is 2.54. The Morgan fingerprint density at radius 1 is 1.13 bits per heavy atom. The fourth-order valence-corrected chi connectivity index (χ4v) is 1.76. The van der Waals surface area contributed by atoms with Gasteiger partial charge in [-0.05, 0) is 42.7 Å². The first kappa shape index (κ1) is 12.0. The van der Waals surface area contributed by atoms with Gasteiger partial charge >= 0.3 is 0 Å². The SMILES string of the molecule is C=CCCCc1ccc(CC(C)C)cc1. The maximum Gasteiger partial charge on any atom is -0.0256 e. The van der Waals surface area contributed by atoms with E-state index in [-0.39, 0.29) is 0 Å². The summed E-state index contributed by atoms with van der Waals surface area (Å²) in [7, 11) is 0. The van der Waals surface area contributed by atoms with Gasteiger partial charge in [0.25, 0.3) is 0 Å². The Morgan fingerprint density at radius 3 is 2.27 bits per heavy atom. The molecule has 0 heterocycles. The summed E-state index contributed by atoms with van der Waals surface area (Å²) in [5, 5.41) is 0. The lowest BCUT2D eigenvalue weighted by molar-refractivity contribution is 0.647. The van der Waals surface area contributed by atoms with Crippen LogP contribution in [0.1, 0.15) is 37.8 Å². The highest BCUT2D eigenvalue weighted by atomic mass is 14.0. The molecule has 0 unspecified atom stereocenters. The zero-order valence-corrected chi connectivity index (χ0v) is 10.00. The molecule has 0 amide bonds. The average Bonchev–Trinajstić information content (AvgIpc) is 2.20. The second-order valence-electron chi connectivity index (χ2n) is 4.60. The van der Waals surface area contributed by atoms with E-state index in [1.54, 1.807) is 0 Å². The Kier molecular flexibility index (Phi) is 5.17. The minimum absolute atomic E-state index is 0.747. The lowest BCUT2D eigenvalue weighted by Gasteiger charge is -2.06. The Bertz CT molecular complexity index is 279. The van der Waals surface area contributed by atoms with Crippen molar-refractivity contribution in [1.82, 2.24) is 0 Å². The molecule has 0 spiro atoms. The van der Waals surface area contributed by atoms with Gasteiger partial charge in [0.2, 0.25) is 0 Å². The van der Waals surface area contributed by atoms with Gasteiger partial charge in [-0.3, -0.25) is 0 Å². The molecule has 15 heavy (non-hydrogen) atoms. The first-order valence-corrected chi connectivity index (χ1v) is 5.91. The van der Waals surface area contributed by atoms with Crippen molar-refractivity contribution in [3.8, 4) is 0 Å². The summed E-state index contributed by atoms with van der Waals surface area (Å²) in [5.41, 5.74) is 2.90. The van der Waals surface area contributed by atoms with Crippen LogP contribution in [-0.4, -0.2) is 0 Å². The van der Waals surface area contributed by atoms with Crippen LogP contribution in [0, 0.1) is 5.92 Å². The molecule has 0 radical (unpaired) electrons. The smallest absolute Gasteiger partial charge is 0.0256 e. The van der Waals surface area contributed by atoms with Crippen LogP contribution in [0.25, 0.3) is 0 Å². The van der Waals surface area contributed by atoms with Crippen LogP contribution in [0.5, 0.6) is 0 Å². The standard InChI is InChI=1S/C15H22/c1-4-5-6-7-14-8-10-15(11-9-14)12-13(2)3/h4,8-11,13H,1,5-7,12H2,2-3H3. The number of allylic oxidation sites excluding steroid dienone is 1. The van der Waals surface area contributed by atoms with Gasteiger partial charge in [0, 0.05) is 0 Å². The van der Waals surface area contributed by atoms with Crippen molar-refractivity contribution in [1.29, 1.82) is 0 Å². The van der Waals surface area contributed by atoms with Crippen LogP contribution < -0.4 is 0 Å². The van der Waals surface area contributed by atoms with Crippen molar-refractivity contribution in [2.45, 2.75) is 39.5 Å². The van der Waals surface area contributed by atoms with Gasteiger partial charge in [0.1, 0.15) is 0 Å². The van der Waals surface area contributed by atoms with Gasteiger partial charge in [-0.2, -0.15) is 0 Å². The van der Waals surface area contributed by atoms with Crippen molar-refractivity contribution in [3.05, 3.63) is 48.0 Å². The highest BCUT2D eigenvalue weighted by Crippen LogP contribution is 2.11. The van der Waals surface area contributed by atoms with Crippen LogP contribution in [-0.2, 0) is 12.8 Å². The quantitative estimate of drug-likeness (QED) is 0.474. The van der Waals surface area contributed by atoms with Crippen LogP contribution >= 0.6 is 0 Å². The van der Waals surface area contributed by atoms with Crippen molar-refractivity contribution >= 4 is 0 Å². The lowest BCUT2D eigenvalue weighted by Crippen LogP contribution is -1.94. The first-order chi connectivity index (χ1) is 7.22. The van der Waals surface area contributed by atoms with E-state index in [1.165, 1.54) is 30.4 Å². The maximum atomic E-state index is 3.74. The summed E-state index contributed by atoms with van der Waals surface area (Å²) in [6, 6.07) is 9.06. The van der Waals surface area contributed by atoms with Gasteiger partial charge in [-0.25, -0.2) is 0 Å². The van der Waals surface area contributed by atoms with E-state index in [1.807, 2.05) is 6.08 Å². The van der Waals surface area contributed by atoms with Crippen molar-refractivity contribution in [2.24, 2.45) is 5.92 Å². The van der Waals surface area contributed by atoms with Crippen molar-refractivity contribution in [3.63, 3.8) is 0 Å². The zero-order valence-electron chi connectivity index (χ0n) is 10.00. The van der Waals surface area contributed by atoms with Gasteiger partial charge < -0.3 is 0 Å². The second-order valence-corrected chi connectivity index (χ2v) is 4.60. The number of hydrogen-bond donors (Lipinski definition) is 0. The number of unbranched alkanes of at least 4 members (excludes halogenated alkanes) is 1. The lowest BCUT2D eigenvalue weighted by atomic mass is 10.0. The third kappa shape index (κ3) is 4.83. The normalized spacial score (nSPS) is 10.6. The molecule has 0 saturated carbocycles. The highest BCUT2D eigenvalue weighted by Gasteiger charge is 1.98. The summed E-state index contributed by atoms with van der Waals surface area (Å²) in [5.74, 6) is 0.747. The fourth-order valence-electron chi connectivity index (χ4n) is 1.76. The monoisotopic (exact) mass is 202 g/mol. The van der Waals surface area contributed by atoms with E-state index in [9.17, 15) is 0 Å². The molecule has 1 aromatic carbocycles. The Labute approximate surface area is 94.0 Å². The summed E-state index contributed by atoms with van der Waals surface area (Å²) in [6.45, 7) is 8.26. The highest BCUT2D eigenvalue weighted by molar-refractivity contribution is 5.22. The molecule has 0 saturated heterocycles. The third-order valence-electron chi connectivity index (χ3n) is 2.54. The van der Waals surface area contributed by atoms with E-state index in [4.69, 9.17) is 0 Å². The van der Waals surface area contributed by atoms with Crippen molar-refractivity contribution < 1.29 is 0 Å². The first-order valence-electron chi connectivity index (χ1n) is 5.91. The molecule has 0 nitrogen and oxygen atoms in total. The summed E-state index contributed by atoms with van der Waals surface area (Å²) in [6.07, 6.45) is 6.69. The molecule has 1 aromatic rings. The Balaban J connectivity index is 2.45. The Morgan fingerprint density at radius 2 is 1.73 bits per heavy atom. The molecule has 0 fully saturated rings. The molecule has 0 aliphatic heterocycles. The predicted molar refractivity (Wildman–Crippen MR) is 68.1 cm³/mol. The molecule has 0 atom stereocenters. The van der Waals surface area contributed by atoms with Crippen LogP contribution in [0.2, 0.25) is 0 Å². The minimum atomic E-state index is 0.747. The second kappa shape index (κ2) is 6.44. The molecule has 0 aliphatic rings. The summed E-state index contributed by atoms with van der Waals surface area (Å²) < 4.78 is 0. The molecule has 0 aromatic heterocycles. The van der Waals surface area contributed by atoms with Crippen LogP contribution in [0.15, 0.2) is 36.9 Å². The molecule has 0 aliphatic carbocycles. The average molecular weight is 202 g/mol. The Hall–Kier alpha value is -1.04. The largest absolute Gasteiger partial charge is 0.103 e. The number of hydrogen-bond acceptors (Lipinski definition) is 0. The summed E-state index contributed by atoms with van der Waals surface area (Å²) in [4.78, 5) is 0. The molecule has 82 valence electrons. The fraction of sp³-hybridized carbons (Fsp3) is 0.467. The molecule has 0 heteroatoms. The van der Waals surface area contributed by atoms with Gasteiger partial charge in [-0.15, -0.1) is 6.58 Å². The number of aryl methyl sites for hydroxylation is 1. The number of benzene rings is 1. The van der Waals surface area contributed by atoms with Crippen LogP contribution in [0.4, 0.5) is 0 Å². The topological polar surface area (TPSA) is 0 Å². The molecule has 0 N–H and O–H groups in total. The zero-order chi connectivity index (χ0) is 11.1. The minimum Gasteiger partial charge on any atom is -0.103 e. The predicted octanol–water partition coefficient (Wildman–Crippen LogP) is 4.39. The molecule has 1 rings (SSSR count). The van der Waals surface area contributed by atoms with E-state index < -0.39 is 0 Å². The van der Waals surface area contributed by atoms with E-state index in [2.05, 4.69) is 44.7 Å².